The maximum absolute atomic E-state index is 13.1. The molecule has 0 aliphatic rings. The lowest BCUT2D eigenvalue weighted by atomic mass is 10.1. The molecule has 2 aromatic carbocycles. The van der Waals surface area contributed by atoms with E-state index >= 15 is 0 Å². The molecule has 0 aliphatic carbocycles. The SMILES string of the molecule is CCCS(=O)(=O)c1ccccc1C(=O)N(Cc1ccccc1)C(C)C. The summed E-state index contributed by atoms with van der Waals surface area (Å²) in [4.78, 5) is 15.0. The van der Waals surface area contributed by atoms with Gasteiger partial charge in [0.25, 0.3) is 5.91 Å². The number of amides is 1. The van der Waals surface area contributed by atoms with Gasteiger partial charge in [-0.15, -0.1) is 0 Å². The molecule has 0 unspecified atom stereocenters. The first kappa shape index (κ1) is 19.2. The van der Waals surface area contributed by atoms with E-state index in [9.17, 15) is 13.2 Å². The number of carbonyl (C=O) groups is 1. The van der Waals surface area contributed by atoms with Gasteiger partial charge in [0, 0.05) is 12.6 Å². The second kappa shape index (κ2) is 8.30. The standard InChI is InChI=1S/C20H25NO3S/c1-4-14-25(23,24)19-13-9-8-12-18(19)20(22)21(16(2)3)15-17-10-6-5-7-11-17/h5-13,16H,4,14-15H2,1-3H3. The summed E-state index contributed by atoms with van der Waals surface area (Å²) in [5.41, 5.74) is 1.26. The molecule has 2 aromatic rings. The first-order chi connectivity index (χ1) is 11.9. The predicted octanol–water partition coefficient (Wildman–Crippen LogP) is 3.92. The van der Waals surface area contributed by atoms with Crippen molar-refractivity contribution in [3.05, 3.63) is 65.7 Å². The van der Waals surface area contributed by atoms with Gasteiger partial charge in [0.15, 0.2) is 9.84 Å². The van der Waals surface area contributed by atoms with Crippen molar-refractivity contribution in [3.8, 4) is 0 Å². The molecule has 0 bridgehead atoms. The zero-order valence-electron chi connectivity index (χ0n) is 15.0. The Morgan fingerprint density at radius 2 is 1.60 bits per heavy atom. The van der Waals surface area contributed by atoms with Crippen LogP contribution in [0, 0.1) is 0 Å². The minimum Gasteiger partial charge on any atom is -0.332 e. The molecule has 0 spiro atoms. The van der Waals surface area contributed by atoms with Crippen LogP contribution in [-0.2, 0) is 16.4 Å². The van der Waals surface area contributed by atoms with E-state index < -0.39 is 9.84 Å². The van der Waals surface area contributed by atoms with Crippen molar-refractivity contribution in [2.75, 3.05) is 5.75 Å². The molecule has 0 heterocycles. The van der Waals surface area contributed by atoms with Gasteiger partial charge < -0.3 is 4.90 Å². The fraction of sp³-hybridized carbons (Fsp3) is 0.350. The molecule has 1 amide bonds. The normalized spacial score (nSPS) is 11.5. The van der Waals surface area contributed by atoms with Gasteiger partial charge in [0.1, 0.15) is 0 Å². The lowest BCUT2D eigenvalue weighted by Crippen LogP contribution is -2.37. The van der Waals surface area contributed by atoms with Crippen LogP contribution in [0.3, 0.4) is 0 Å². The van der Waals surface area contributed by atoms with Gasteiger partial charge in [-0.2, -0.15) is 0 Å². The van der Waals surface area contributed by atoms with E-state index in [1.54, 1.807) is 23.1 Å². The Labute approximate surface area is 150 Å². The zero-order valence-corrected chi connectivity index (χ0v) is 15.8. The van der Waals surface area contributed by atoms with Crippen LogP contribution >= 0.6 is 0 Å². The smallest absolute Gasteiger partial charge is 0.255 e. The number of hydrogen-bond donors (Lipinski definition) is 0. The quantitative estimate of drug-likeness (QED) is 0.753. The van der Waals surface area contributed by atoms with E-state index in [0.29, 0.717) is 13.0 Å². The van der Waals surface area contributed by atoms with E-state index in [1.807, 2.05) is 51.1 Å². The van der Waals surface area contributed by atoms with Crippen molar-refractivity contribution in [2.24, 2.45) is 0 Å². The topological polar surface area (TPSA) is 54.5 Å². The van der Waals surface area contributed by atoms with Gasteiger partial charge in [-0.25, -0.2) is 8.42 Å². The van der Waals surface area contributed by atoms with E-state index in [-0.39, 0.29) is 28.2 Å². The van der Waals surface area contributed by atoms with Crippen LogP contribution < -0.4 is 0 Å². The lowest BCUT2D eigenvalue weighted by molar-refractivity contribution is 0.0686. The summed E-state index contributed by atoms with van der Waals surface area (Å²) in [6.07, 6.45) is 0.517. The average Bonchev–Trinajstić information content (AvgIpc) is 2.60. The number of nitrogens with zero attached hydrogens (tertiary/aromatic N) is 1. The highest BCUT2D eigenvalue weighted by Crippen LogP contribution is 2.21. The van der Waals surface area contributed by atoms with Gasteiger partial charge in [0.2, 0.25) is 0 Å². The Bertz CT molecular complexity index is 814. The van der Waals surface area contributed by atoms with Crippen molar-refractivity contribution >= 4 is 15.7 Å². The van der Waals surface area contributed by atoms with Crippen molar-refractivity contribution in [1.82, 2.24) is 4.90 Å². The van der Waals surface area contributed by atoms with Gasteiger partial charge in [-0.05, 0) is 38.0 Å². The van der Waals surface area contributed by atoms with Crippen molar-refractivity contribution in [3.63, 3.8) is 0 Å². The fourth-order valence-corrected chi connectivity index (χ4v) is 4.25. The largest absolute Gasteiger partial charge is 0.332 e. The lowest BCUT2D eigenvalue weighted by Gasteiger charge is -2.28. The molecular weight excluding hydrogens is 334 g/mol. The van der Waals surface area contributed by atoms with Crippen LogP contribution in [0.15, 0.2) is 59.5 Å². The summed E-state index contributed by atoms with van der Waals surface area (Å²) in [5.74, 6) is -0.216. The second-order valence-electron chi connectivity index (χ2n) is 6.33. The summed E-state index contributed by atoms with van der Waals surface area (Å²) in [5, 5.41) is 0. The maximum Gasteiger partial charge on any atom is 0.255 e. The predicted molar refractivity (Wildman–Crippen MR) is 100 cm³/mol. The van der Waals surface area contributed by atoms with E-state index in [4.69, 9.17) is 0 Å². The van der Waals surface area contributed by atoms with E-state index in [0.717, 1.165) is 5.56 Å². The highest BCUT2D eigenvalue weighted by molar-refractivity contribution is 7.91. The minimum atomic E-state index is -3.47. The summed E-state index contributed by atoms with van der Waals surface area (Å²) in [6.45, 7) is 6.13. The second-order valence-corrected chi connectivity index (χ2v) is 8.41. The van der Waals surface area contributed by atoms with Gasteiger partial charge in [-0.3, -0.25) is 4.79 Å². The number of rotatable bonds is 7. The number of hydrogen-bond acceptors (Lipinski definition) is 3. The highest BCUT2D eigenvalue weighted by Gasteiger charge is 2.26. The first-order valence-corrected chi connectivity index (χ1v) is 10.2. The minimum absolute atomic E-state index is 0.0393. The molecule has 25 heavy (non-hydrogen) atoms. The average molecular weight is 359 g/mol. The molecule has 0 aromatic heterocycles. The summed E-state index contributed by atoms with van der Waals surface area (Å²) in [7, 11) is -3.47. The van der Waals surface area contributed by atoms with Crippen LogP contribution in [0.5, 0.6) is 0 Å². The molecule has 0 radical (unpaired) electrons. The summed E-state index contributed by atoms with van der Waals surface area (Å²) < 4.78 is 25.1. The van der Waals surface area contributed by atoms with Crippen LogP contribution in [0.2, 0.25) is 0 Å². The van der Waals surface area contributed by atoms with Crippen LogP contribution in [-0.4, -0.2) is 31.0 Å². The molecule has 5 heteroatoms. The Kier molecular flexibility index (Phi) is 6.37. The van der Waals surface area contributed by atoms with E-state index in [1.165, 1.54) is 6.07 Å². The molecule has 0 atom stereocenters. The summed E-state index contributed by atoms with van der Waals surface area (Å²) >= 11 is 0. The molecule has 4 nitrogen and oxygen atoms in total. The molecule has 134 valence electrons. The van der Waals surface area contributed by atoms with Crippen LogP contribution in [0.1, 0.15) is 43.1 Å². The van der Waals surface area contributed by atoms with Crippen molar-refractivity contribution in [2.45, 2.75) is 44.7 Å². The highest BCUT2D eigenvalue weighted by atomic mass is 32.2. The molecular formula is C20H25NO3S. The van der Waals surface area contributed by atoms with Crippen molar-refractivity contribution in [1.29, 1.82) is 0 Å². The Balaban J connectivity index is 2.41. The molecule has 0 aliphatic heterocycles. The van der Waals surface area contributed by atoms with Gasteiger partial charge in [-0.1, -0.05) is 49.4 Å². The van der Waals surface area contributed by atoms with Gasteiger partial charge in [0.05, 0.1) is 16.2 Å². The third kappa shape index (κ3) is 4.69. The summed E-state index contributed by atoms with van der Waals surface area (Å²) in [6, 6.07) is 16.2. The Morgan fingerprint density at radius 1 is 1.00 bits per heavy atom. The van der Waals surface area contributed by atoms with Crippen molar-refractivity contribution < 1.29 is 13.2 Å². The Morgan fingerprint density at radius 3 is 2.20 bits per heavy atom. The molecule has 0 saturated carbocycles. The number of benzene rings is 2. The molecule has 0 N–H and O–H groups in total. The Hall–Kier alpha value is -2.14. The van der Waals surface area contributed by atoms with Gasteiger partial charge >= 0.3 is 0 Å². The molecule has 0 saturated heterocycles. The fourth-order valence-electron chi connectivity index (χ4n) is 2.72. The third-order valence-corrected chi connectivity index (χ3v) is 5.98. The maximum atomic E-state index is 13.1. The third-order valence-electron chi connectivity index (χ3n) is 4.01. The van der Waals surface area contributed by atoms with E-state index in [2.05, 4.69) is 0 Å². The molecule has 2 rings (SSSR count). The van der Waals surface area contributed by atoms with Crippen LogP contribution in [0.25, 0.3) is 0 Å². The van der Waals surface area contributed by atoms with Crippen LogP contribution in [0.4, 0.5) is 0 Å². The number of carbonyl (C=O) groups excluding carboxylic acids is 1. The first-order valence-electron chi connectivity index (χ1n) is 8.53. The monoisotopic (exact) mass is 359 g/mol. The zero-order chi connectivity index (χ0) is 18.4. The molecule has 0 fully saturated rings. The number of sulfone groups is 1.